The summed E-state index contributed by atoms with van der Waals surface area (Å²) in [4.78, 5) is 16.5. The van der Waals surface area contributed by atoms with Crippen molar-refractivity contribution < 1.29 is 9.90 Å². The molecule has 1 saturated carbocycles. The number of nitrogen functional groups attached to an aromatic ring is 1. The smallest absolute Gasteiger partial charge is 0.180 e. The Morgan fingerprint density at radius 2 is 2.13 bits per heavy atom. The predicted molar refractivity (Wildman–Crippen MR) is 58.8 cm³/mol. The molecule has 3 N–H and O–H groups in total. The van der Waals surface area contributed by atoms with Gasteiger partial charge in [0.05, 0.1) is 17.2 Å². The zero-order valence-electron chi connectivity index (χ0n) is 8.35. The number of rotatable bonds is 2. The molecular formula is C10H14N2O2S. The predicted octanol–water partition coefficient (Wildman–Crippen LogP) is 1.46. The summed E-state index contributed by atoms with van der Waals surface area (Å²) in [5, 5.41) is 9.78. The summed E-state index contributed by atoms with van der Waals surface area (Å²) in [7, 11) is 0. The van der Waals surface area contributed by atoms with Crippen molar-refractivity contribution in [2.24, 2.45) is 5.92 Å². The normalized spacial score (nSPS) is 26.5. The number of aliphatic hydroxyl groups is 1. The van der Waals surface area contributed by atoms with Crippen LogP contribution in [0.3, 0.4) is 0 Å². The van der Waals surface area contributed by atoms with E-state index in [1.165, 1.54) is 11.3 Å². The molecule has 0 amide bonds. The molecule has 1 heterocycles. The first-order valence-electron chi connectivity index (χ1n) is 5.10. The van der Waals surface area contributed by atoms with Gasteiger partial charge in [-0.1, -0.05) is 11.3 Å². The highest BCUT2D eigenvalue weighted by atomic mass is 32.1. The van der Waals surface area contributed by atoms with Crippen LogP contribution < -0.4 is 5.73 Å². The van der Waals surface area contributed by atoms with Crippen LogP contribution in [0, 0.1) is 5.92 Å². The van der Waals surface area contributed by atoms with E-state index in [0.717, 1.165) is 25.7 Å². The maximum absolute atomic E-state index is 12.0. The molecule has 0 aliphatic heterocycles. The quantitative estimate of drug-likeness (QED) is 0.748. The molecule has 5 heteroatoms. The van der Waals surface area contributed by atoms with Crippen LogP contribution in [0.25, 0.3) is 0 Å². The van der Waals surface area contributed by atoms with Crippen molar-refractivity contribution in [2.75, 3.05) is 5.73 Å². The minimum Gasteiger partial charge on any atom is -0.393 e. The number of nitrogens with two attached hydrogens (primary N) is 1. The van der Waals surface area contributed by atoms with Crippen molar-refractivity contribution in [3.05, 3.63) is 11.1 Å². The van der Waals surface area contributed by atoms with E-state index >= 15 is 0 Å². The lowest BCUT2D eigenvalue weighted by Crippen LogP contribution is -2.23. The van der Waals surface area contributed by atoms with Crippen molar-refractivity contribution in [3.8, 4) is 0 Å². The van der Waals surface area contributed by atoms with E-state index < -0.39 is 0 Å². The standard InChI is InChI=1S/C10H14N2O2S/c11-10-12-5-8(15-10)9(14)6-1-3-7(13)4-2-6/h5-7,13H,1-4H2,(H2,11,12). The molecule has 1 aliphatic carbocycles. The second-order valence-corrected chi connectivity index (χ2v) is 4.99. The van der Waals surface area contributed by atoms with E-state index in [1.54, 1.807) is 6.20 Å². The minimum atomic E-state index is -0.222. The van der Waals surface area contributed by atoms with Crippen LogP contribution in [0.4, 0.5) is 5.13 Å². The highest BCUT2D eigenvalue weighted by Crippen LogP contribution is 2.29. The van der Waals surface area contributed by atoms with Gasteiger partial charge in [0.15, 0.2) is 10.9 Å². The number of hydrogen-bond acceptors (Lipinski definition) is 5. The van der Waals surface area contributed by atoms with Gasteiger partial charge in [-0.25, -0.2) is 4.98 Å². The molecule has 0 saturated heterocycles. The van der Waals surface area contributed by atoms with Crippen molar-refractivity contribution in [1.29, 1.82) is 0 Å². The summed E-state index contributed by atoms with van der Waals surface area (Å²) in [5.74, 6) is 0.185. The third-order valence-corrected chi connectivity index (χ3v) is 3.67. The Bertz CT molecular complexity index is 356. The molecule has 0 bridgehead atoms. The topological polar surface area (TPSA) is 76.2 Å². The van der Waals surface area contributed by atoms with Crippen molar-refractivity contribution in [3.63, 3.8) is 0 Å². The van der Waals surface area contributed by atoms with Crippen LogP contribution >= 0.6 is 11.3 Å². The van der Waals surface area contributed by atoms with Crippen LogP contribution in [0.1, 0.15) is 35.4 Å². The molecule has 0 unspecified atom stereocenters. The monoisotopic (exact) mass is 226 g/mol. The zero-order chi connectivity index (χ0) is 10.8. The fourth-order valence-corrected chi connectivity index (χ4v) is 2.64. The SMILES string of the molecule is Nc1ncc(C(=O)C2CCC(O)CC2)s1. The second kappa shape index (κ2) is 4.28. The second-order valence-electron chi connectivity index (χ2n) is 3.93. The third kappa shape index (κ3) is 2.35. The van der Waals surface area contributed by atoms with Crippen LogP contribution in [0.5, 0.6) is 0 Å². The van der Waals surface area contributed by atoms with Gasteiger partial charge in [0.25, 0.3) is 0 Å². The fourth-order valence-electron chi connectivity index (χ4n) is 1.94. The summed E-state index contributed by atoms with van der Waals surface area (Å²) in [6.45, 7) is 0. The van der Waals surface area contributed by atoms with Crippen LogP contribution in [-0.4, -0.2) is 22.0 Å². The van der Waals surface area contributed by atoms with Gasteiger partial charge in [0, 0.05) is 5.92 Å². The van der Waals surface area contributed by atoms with Gasteiger partial charge in [-0.3, -0.25) is 4.79 Å². The summed E-state index contributed by atoms with van der Waals surface area (Å²) in [6.07, 6.45) is 4.33. The van der Waals surface area contributed by atoms with Crippen molar-refractivity contribution in [2.45, 2.75) is 31.8 Å². The molecule has 0 aromatic carbocycles. The number of thiazole rings is 1. The fraction of sp³-hybridized carbons (Fsp3) is 0.600. The number of aromatic nitrogens is 1. The van der Waals surface area contributed by atoms with E-state index in [2.05, 4.69) is 4.98 Å². The third-order valence-electron chi connectivity index (χ3n) is 2.83. The van der Waals surface area contributed by atoms with Crippen LogP contribution in [0.15, 0.2) is 6.20 Å². The van der Waals surface area contributed by atoms with E-state index in [1.807, 2.05) is 0 Å². The molecule has 1 aromatic heterocycles. The number of Topliss-reactive ketones (excluding diaryl/α,β-unsaturated/α-hetero) is 1. The minimum absolute atomic E-state index is 0.0493. The number of carbonyl (C=O) groups is 1. The Labute approximate surface area is 92.1 Å². The molecule has 1 fully saturated rings. The lowest BCUT2D eigenvalue weighted by molar-refractivity contribution is 0.0768. The number of aliphatic hydroxyl groups excluding tert-OH is 1. The van der Waals surface area contributed by atoms with E-state index in [-0.39, 0.29) is 17.8 Å². The summed E-state index contributed by atoms with van der Waals surface area (Å²) in [5.41, 5.74) is 5.48. The van der Waals surface area contributed by atoms with E-state index in [9.17, 15) is 9.90 Å². The number of hydrogen-bond donors (Lipinski definition) is 2. The highest BCUT2D eigenvalue weighted by molar-refractivity contribution is 7.17. The number of anilines is 1. The molecular weight excluding hydrogens is 212 g/mol. The molecule has 0 spiro atoms. The zero-order valence-corrected chi connectivity index (χ0v) is 9.17. The highest BCUT2D eigenvalue weighted by Gasteiger charge is 2.26. The summed E-state index contributed by atoms with van der Waals surface area (Å²) < 4.78 is 0. The Morgan fingerprint density at radius 1 is 1.47 bits per heavy atom. The average molecular weight is 226 g/mol. The molecule has 1 aromatic rings. The van der Waals surface area contributed by atoms with E-state index in [4.69, 9.17) is 5.73 Å². The molecule has 82 valence electrons. The maximum atomic E-state index is 12.0. The first-order chi connectivity index (χ1) is 7.16. The van der Waals surface area contributed by atoms with Gasteiger partial charge in [-0.05, 0) is 25.7 Å². The maximum Gasteiger partial charge on any atom is 0.180 e. The largest absolute Gasteiger partial charge is 0.393 e. The van der Waals surface area contributed by atoms with Gasteiger partial charge < -0.3 is 10.8 Å². The van der Waals surface area contributed by atoms with Crippen LogP contribution in [0.2, 0.25) is 0 Å². The van der Waals surface area contributed by atoms with Crippen molar-refractivity contribution >= 4 is 22.3 Å². The Balaban J connectivity index is 2.02. The van der Waals surface area contributed by atoms with Gasteiger partial charge in [-0.2, -0.15) is 0 Å². The Kier molecular flexibility index (Phi) is 3.02. The average Bonchev–Trinajstić information content (AvgIpc) is 2.65. The molecule has 1 aliphatic rings. The number of carbonyl (C=O) groups excluding carboxylic acids is 1. The van der Waals surface area contributed by atoms with Gasteiger partial charge in [0.1, 0.15) is 0 Å². The molecule has 15 heavy (non-hydrogen) atoms. The molecule has 0 radical (unpaired) electrons. The van der Waals surface area contributed by atoms with Crippen LogP contribution in [-0.2, 0) is 0 Å². The first-order valence-corrected chi connectivity index (χ1v) is 5.92. The van der Waals surface area contributed by atoms with Gasteiger partial charge >= 0.3 is 0 Å². The lowest BCUT2D eigenvalue weighted by atomic mass is 9.84. The van der Waals surface area contributed by atoms with Crippen molar-refractivity contribution in [1.82, 2.24) is 4.98 Å². The molecule has 4 nitrogen and oxygen atoms in total. The molecule has 2 rings (SSSR count). The number of ketones is 1. The summed E-state index contributed by atoms with van der Waals surface area (Å²) in [6, 6.07) is 0. The Hall–Kier alpha value is -0.940. The molecule has 0 atom stereocenters. The first kappa shape index (κ1) is 10.6. The van der Waals surface area contributed by atoms with Gasteiger partial charge in [0.2, 0.25) is 0 Å². The number of nitrogens with zero attached hydrogens (tertiary/aromatic N) is 1. The summed E-state index contributed by atoms with van der Waals surface area (Å²) >= 11 is 1.24. The lowest BCUT2D eigenvalue weighted by Gasteiger charge is -2.23. The Morgan fingerprint density at radius 3 is 2.67 bits per heavy atom. The van der Waals surface area contributed by atoms with E-state index in [0.29, 0.717) is 10.0 Å². The van der Waals surface area contributed by atoms with Gasteiger partial charge in [-0.15, -0.1) is 0 Å².